The zero-order valence-corrected chi connectivity index (χ0v) is 17.7. The molecule has 0 saturated carbocycles. The fraction of sp³-hybridized carbons (Fsp3) is 0.250. The van der Waals surface area contributed by atoms with Crippen molar-refractivity contribution in [2.45, 2.75) is 0 Å². The maximum absolute atomic E-state index is 10.8. The lowest BCUT2D eigenvalue weighted by atomic mass is 10.2. The fourth-order valence-electron chi connectivity index (χ4n) is 3.46. The van der Waals surface area contributed by atoms with E-state index in [0.29, 0.717) is 22.2 Å². The Morgan fingerprint density at radius 2 is 1.68 bits per heavy atom. The van der Waals surface area contributed by atoms with Crippen LogP contribution in [0.4, 0.5) is 17.2 Å². The molecule has 10 nitrogen and oxygen atoms in total. The third-order valence-electron chi connectivity index (χ3n) is 5.22. The molecule has 11 heteroatoms. The van der Waals surface area contributed by atoms with E-state index in [-0.39, 0.29) is 5.69 Å². The van der Waals surface area contributed by atoms with E-state index in [1.54, 1.807) is 19.2 Å². The number of nitro benzene ring substituents is 1. The summed E-state index contributed by atoms with van der Waals surface area (Å²) in [6.45, 7) is 3.08. The number of hydrogen-bond acceptors (Lipinski definition) is 8. The second-order valence-corrected chi connectivity index (χ2v) is 7.37. The Morgan fingerprint density at radius 3 is 2.26 bits per heavy atom. The second-order valence-electron chi connectivity index (χ2n) is 6.99. The molecule has 0 unspecified atom stereocenters. The summed E-state index contributed by atoms with van der Waals surface area (Å²) >= 11 is 5.64. The van der Waals surface area contributed by atoms with Crippen LogP contribution in [0.3, 0.4) is 0 Å². The highest BCUT2D eigenvalue weighted by molar-refractivity contribution is 7.80. The van der Waals surface area contributed by atoms with Crippen molar-refractivity contribution in [2.24, 2.45) is 0 Å². The maximum atomic E-state index is 10.8. The lowest BCUT2D eigenvalue weighted by molar-refractivity contribution is -0.384. The number of nitrogens with zero attached hydrogens (tertiary/aromatic N) is 6. The Kier molecular flexibility index (Phi) is 5.67. The van der Waals surface area contributed by atoms with Crippen LogP contribution in [-0.4, -0.2) is 63.1 Å². The smallest absolute Gasteiger partial charge is 0.269 e. The molecule has 0 spiro atoms. The zero-order valence-electron chi connectivity index (χ0n) is 16.8. The van der Waals surface area contributed by atoms with Gasteiger partial charge in [0.2, 0.25) is 0 Å². The number of thiocarbonyl (C=S) groups is 1. The lowest BCUT2D eigenvalue weighted by Crippen LogP contribution is -2.48. The van der Waals surface area contributed by atoms with Crippen LogP contribution in [-0.2, 0) is 0 Å². The number of nitro groups is 1. The van der Waals surface area contributed by atoms with Gasteiger partial charge < -0.3 is 20.3 Å². The first kappa shape index (κ1) is 20.5. The van der Waals surface area contributed by atoms with Gasteiger partial charge in [0.1, 0.15) is 10.7 Å². The number of ether oxygens (including phenoxy) is 1. The van der Waals surface area contributed by atoms with Crippen LogP contribution in [0.5, 0.6) is 5.75 Å². The quantitative estimate of drug-likeness (QED) is 0.363. The van der Waals surface area contributed by atoms with E-state index < -0.39 is 4.92 Å². The van der Waals surface area contributed by atoms with Crippen LogP contribution >= 0.6 is 12.2 Å². The monoisotopic (exact) mass is 439 g/mol. The van der Waals surface area contributed by atoms with Crippen molar-refractivity contribution in [1.82, 2.24) is 19.9 Å². The molecule has 0 radical (unpaired) electrons. The number of nitrogen functional groups attached to an aromatic ring is 1. The van der Waals surface area contributed by atoms with E-state index in [4.69, 9.17) is 22.7 Å². The molecule has 1 aliphatic rings. The molecule has 2 heterocycles. The zero-order chi connectivity index (χ0) is 22.0. The van der Waals surface area contributed by atoms with Gasteiger partial charge in [0.25, 0.3) is 5.69 Å². The van der Waals surface area contributed by atoms with Crippen molar-refractivity contribution < 1.29 is 9.66 Å². The fourth-order valence-corrected chi connectivity index (χ4v) is 3.79. The number of aromatic nitrogens is 3. The van der Waals surface area contributed by atoms with E-state index >= 15 is 0 Å². The molecule has 0 atom stereocenters. The molecule has 1 aliphatic heterocycles. The van der Waals surface area contributed by atoms with Crippen molar-refractivity contribution in [3.63, 3.8) is 0 Å². The largest absolute Gasteiger partial charge is 0.497 e. The minimum atomic E-state index is -0.458. The number of benzene rings is 2. The van der Waals surface area contributed by atoms with Crippen LogP contribution in [0.15, 0.2) is 48.5 Å². The lowest BCUT2D eigenvalue weighted by Gasteiger charge is -2.37. The summed E-state index contributed by atoms with van der Waals surface area (Å²) in [5.74, 6) is 1.13. The van der Waals surface area contributed by atoms with Gasteiger partial charge in [0.15, 0.2) is 11.5 Å². The highest BCUT2D eigenvalue weighted by atomic mass is 32.1. The molecular weight excluding hydrogens is 418 g/mol. The van der Waals surface area contributed by atoms with Crippen LogP contribution in [0, 0.1) is 10.1 Å². The van der Waals surface area contributed by atoms with Gasteiger partial charge in [-0.1, -0.05) is 17.4 Å². The third-order valence-corrected chi connectivity index (χ3v) is 5.67. The number of rotatable bonds is 5. The Bertz CT molecular complexity index is 1090. The predicted molar refractivity (Wildman–Crippen MR) is 121 cm³/mol. The maximum Gasteiger partial charge on any atom is 0.269 e. The molecule has 0 amide bonds. The van der Waals surface area contributed by atoms with Crippen molar-refractivity contribution in [3.05, 3.63) is 64.3 Å². The third kappa shape index (κ3) is 4.12. The van der Waals surface area contributed by atoms with Gasteiger partial charge in [0.05, 0.1) is 17.7 Å². The molecule has 31 heavy (non-hydrogen) atoms. The van der Waals surface area contributed by atoms with E-state index in [1.165, 1.54) is 16.8 Å². The molecule has 0 aliphatic carbocycles. The molecule has 0 bridgehead atoms. The number of methoxy groups -OCH3 is 1. The van der Waals surface area contributed by atoms with Gasteiger partial charge in [-0.2, -0.15) is 4.68 Å². The number of piperazine rings is 1. The van der Waals surface area contributed by atoms with Crippen LogP contribution in [0.1, 0.15) is 5.69 Å². The summed E-state index contributed by atoms with van der Waals surface area (Å²) < 4.78 is 6.64. The van der Waals surface area contributed by atoms with E-state index in [2.05, 4.69) is 20.1 Å². The summed E-state index contributed by atoms with van der Waals surface area (Å²) in [6.07, 6.45) is 0. The molecule has 160 valence electrons. The van der Waals surface area contributed by atoms with Crippen molar-refractivity contribution in [1.29, 1.82) is 0 Å². The first-order valence-electron chi connectivity index (χ1n) is 9.62. The van der Waals surface area contributed by atoms with Gasteiger partial charge >= 0.3 is 0 Å². The van der Waals surface area contributed by atoms with Gasteiger partial charge in [-0.15, -0.1) is 5.10 Å². The highest BCUT2D eigenvalue weighted by Gasteiger charge is 2.24. The minimum Gasteiger partial charge on any atom is -0.497 e. The number of hydrogen-bond donors (Lipinski definition) is 1. The summed E-state index contributed by atoms with van der Waals surface area (Å²) in [6, 6.07) is 13.9. The Balaban J connectivity index is 1.44. The predicted octanol–water partition coefficient (Wildman–Crippen LogP) is 2.26. The molecule has 1 aromatic heterocycles. The van der Waals surface area contributed by atoms with E-state index in [0.717, 1.165) is 37.6 Å². The molecular formula is C20H21N7O3S. The highest BCUT2D eigenvalue weighted by Crippen LogP contribution is 2.23. The van der Waals surface area contributed by atoms with Gasteiger partial charge in [-0.25, -0.2) is 0 Å². The molecule has 2 N–H and O–H groups in total. The van der Waals surface area contributed by atoms with E-state index in [1.807, 2.05) is 24.3 Å². The van der Waals surface area contributed by atoms with Crippen molar-refractivity contribution in [2.75, 3.05) is 43.9 Å². The van der Waals surface area contributed by atoms with Crippen molar-refractivity contribution >= 4 is 34.4 Å². The summed E-state index contributed by atoms with van der Waals surface area (Å²) in [4.78, 5) is 15.3. The first-order chi connectivity index (χ1) is 15.0. The standard InChI is InChI=1S/C20H21N7O3S/c1-30-17-8-6-14(7-9-17)24-10-12-25(13-11-24)20(31)18-19(21)26(23-22-18)15-2-4-16(5-3-15)27(28)29/h2-9H,10-13,21H2,1H3. The van der Waals surface area contributed by atoms with Crippen LogP contribution in [0.25, 0.3) is 5.69 Å². The molecule has 4 rings (SSSR count). The number of anilines is 2. The topological polar surface area (TPSA) is 116 Å². The summed E-state index contributed by atoms with van der Waals surface area (Å²) in [7, 11) is 1.65. The normalized spacial score (nSPS) is 13.8. The van der Waals surface area contributed by atoms with Gasteiger partial charge in [0, 0.05) is 44.0 Å². The Labute approximate surface area is 184 Å². The summed E-state index contributed by atoms with van der Waals surface area (Å²) in [5, 5.41) is 19.1. The summed E-state index contributed by atoms with van der Waals surface area (Å²) in [5.41, 5.74) is 8.40. The SMILES string of the molecule is COc1ccc(N2CCN(C(=S)c3nnn(-c4ccc([N+](=O)[O-])cc4)c3N)CC2)cc1. The van der Waals surface area contributed by atoms with Gasteiger partial charge in [-0.05, 0) is 36.4 Å². The van der Waals surface area contributed by atoms with Gasteiger partial charge in [-0.3, -0.25) is 10.1 Å². The average Bonchev–Trinajstić information content (AvgIpc) is 3.20. The second kappa shape index (κ2) is 8.56. The molecule has 1 saturated heterocycles. The Morgan fingerprint density at radius 1 is 1.06 bits per heavy atom. The van der Waals surface area contributed by atoms with Crippen LogP contribution < -0.4 is 15.4 Å². The van der Waals surface area contributed by atoms with Crippen LogP contribution in [0.2, 0.25) is 0 Å². The molecule has 1 fully saturated rings. The number of nitrogens with two attached hydrogens (primary N) is 1. The van der Waals surface area contributed by atoms with Crippen molar-refractivity contribution in [3.8, 4) is 11.4 Å². The first-order valence-corrected chi connectivity index (χ1v) is 10.0. The minimum absolute atomic E-state index is 0.00656. The molecule has 2 aromatic carbocycles. The average molecular weight is 440 g/mol. The Hall–Kier alpha value is -3.73. The number of non-ortho nitro benzene ring substituents is 1. The van der Waals surface area contributed by atoms with E-state index in [9.17, 15) is 10.1 Å². The molecule has 3 aromatic rings.